The highest BCUT2D eigenvalue weighted by Gasteiger charge is 2.41. The third-order valence-electron chi connectivity index (χ3n) is 7.29. The molecule has 2 aliphatic carbocycles. The Morgan fingerprint density at radius 1 is 1.03 bits per heavy atom. The Bertz CT molecular complexity index is 1110. The van der Waals surface area contributed by atoms with E-state index in [1.807, 2.05) is 19.2 Å². The van der Waals surface area contributed by atoms with Crippen molar-refractivity contribution >= 4 is 5.82 Å². The molecule has 2 N–H and O–H groups in total. The second-order valence-corrected chi connectivity index (χ2v) is 9.44. The standard InChI is InChI=1S/C25H29N5O/c1-15-3-2-4-21(27-15)23-24(30-19-8-5-17(13-19)25(30)29-23)16-11-12-26-22(14-16)28-18-6-9-20(31)10-7-18/h2-4,11-12,14,17-20,31H,5-10,13H2,1H3,(H,26,28). The summed E-state index contributed by atoms with van der Waals surface area (Å²) >= 11 is 0. The quantitative estimate of drug-likeness (QED) is 0.637. The van der Waals surface area contributed by atoms with Gasteiger partial charge in [-0.3, -0.25) is 4.98 Å². The molecule has 160 valence electrons. The van der Waals surface area contributed by atoms with E-state index in [1.165, 1.54) is 30.8 Å². The maximum absolute atomic E-state index is 9.80. The molecule has 3 aliphatic rings. The van der Waals surface area contributed by atoms with Crippen molar-refractivity contribution in [3.63, 3.8) is 0 Å². The minimum absolute atomic E-state index is 0.147. The third-order valence-corrected chi connectivity index (χ3v) is 7.29. The van der Waals surface area contributed by atoms with Gasteiger partial charge in [-0.05, 0) is 76.1 Å². The van der Waals surface area contributed by atoms with Gasteiger partial charge in [-0.15, -0.1) is 0 Å². The Kier molecular flexibility index (Phi) is 4.56. The molecule has 2 unspecified atom stereocenters. The second kappa shape index (κ2) is 7.45. The molecule has 2 fully saturated rings. The highest BCUT2D eigenvalue weighted by molar-refractivity contribution is 5.79. The first-order valence-electron chi connectivity index (χ1n) is 11.6. The average Bonchev–Trinajstić information content (AvgIpc) is 3.48. The predicted molar refractivity (Wildman–Crippen MR) is 121 cm³/mol. The van der Waals surface area contributed by atoms with Gasteiger partial charge >= 0.3 is 0 Å². The molecule has 2 bridgehead atoms. The predicted octanol–water partition coefficient (Wildman–Crippen LogP) is 4.85. The van der Waals surface area contributed by atoms with Gasteiger partial charge in [0.15, 0.2) is 0 Å². The largest absolute Gasteiger partial charge is 0.393 e. The van der Waals surface area contributed by atoms with Gasteiger partial charge in [-0.25, -0.2) is 9.97 Å². The summed E-state index contributed by atoms with van der Waals surface area (Å²) in [6.45, 7) is 2.03. The summed E-state index contributed by atoms with van der Waals surface area (Å²) in [5, 5.41) is 13.4. The molecule has 0 saturated heterocycles. The van der Waals surface area contributed by atoms with Crippen LogP contribution in [0.5, 0.6) is 0 Å². The third kappa shape index (κ3) is 3.33. The molecule has 6 heteroatoms. The number of aromatic nitrogens is 4. The van der Waals surface area contributed by atoms with Crippen molar-refractivity contribution in [2.24, 2.45) is 0 Å². The van der Waals surface area contributed by atoms with Crippen LogP contribution in [0, 0.1) is 6.92 Å². The SMILES string of the molecule is Cc1cccc(-c2nc3n(c2-c2ccnc(NC4CCC(O)CC4)c2)C2CCC3C2)n1. The van der Waals surface area contributed by atoms with Crippen LogP contribution in [0.4, 0.5) is 5.82 Å². The minimum Gasteiger partial charge on any atom is -0.393 e. The van der Waals surface area contributed by atoms with Crippen molar-refractivity contribution in [3.05, 3.63) is 48.0 Å². The van der Waals surface area contributed by atoms with Crippen molar-refractivity contribution in [2.45, 2.75) is 76.0 Å². The summed E-state index contributed by atoms with van der Waals surface area (Å²) < 4.78 is 2.49. The number of imidazole rings is 1. The lowest BCUT2D eigenvalue weighted by Gasteiger charge is -2.26. The van der Waals surface area contributed by atoms with Gasteiger partial charge in [0.05, 0.1) is 17.5 Å². The molecule has 0 amide bonds. The summed E-state index contributed by atoms with van der Waals surface area (Å²) in [4.78, 5) is 14.6. The molecule has 1 aliphatic heterocycles. The maximum Gasteiger partial charge on any atom is 0.126 e. The second-order valence-electron chi connectivity index (χ2n) is 9.44. The van der Waals surface area contributed by atoms with Crippen molar-refractivity contribution < 1.29 is 5.11 Å². The average molecular weight is 416 g/mol. The van der Waals surface area contributed by atoms with E-state index in [9.17, 15) is 5.11 Å². The summed E-state index contributed by atoms with van der Waals surface area (Å²) in [5.41, 5.74) is 5.29. The van der Waals surface area contributed by atoms with E-state index in [0.717, 1.165) is 54.1 Å². The zero-order chi connectivity index (χ0) is 20.9. The van der Waals surface area contributed by atoms with Crippen molar-refractivity contribution in [2.75, 3.05) is 5.32 Å². The number of pyridine rings is 2. The Labute approximate surface area is 182 Å². The molecule has 2 atom stereocenters. The smallest absolute Gasteiger partial charge is 0.126 e. The Morgan fingerprint density at radius 3 is 2.74 bits per heavy atom. The van der Waals surface area contributed by atoms with Crippen molar-refractivity contribution in [3.8, 4) is 22.6 Å². The van der Waals surface area contributed by atoms with E-state index in [2.05, 4.69) is 39.1 Å². The Balaban J connectivity index is 1.41. The number of anilines is 1. The molecule has 31 heavy (non-hydrogen) atoms. The van der Waals surface area contributed by atoms with E-state index < -0.39 is 0 Å². The number of fused-ring (bicyclic) bond motifs is 5. The van der Waals surface area contributed by atoms with Gasteiger partial charge in [0, 0.05) is 35.5 Å². The molecule has 0 aromatic carbocycles. The zero-order valence-corrected chi connectivity index (χ0v) is 18.0. The van der Waals surface area contributed by atoms with Crippen LogP contribution < -0.4 is 5.32 Å². The van der Waals surface area contributed by atoms with Crippen LogP contribution in [0.3, 0.4) is 0 Å². The first-order valence-corrected chi connectivity index (χ1v) is 11.6. The molecule has 3 aromatic heterocycles. The molecule has 0 spiro atoms. The number of hydrogen-bond acceptors (Lipinski definition) is 5. The summed E-state index contributed by atoms with van der Waals surface area (Å²) in [6, 6.07) is 11.4. The number of rotatable bonds is 4. The van der Waals surface area contributed by atoms with Crippen LogP contribution in [0.2, 0.25) is 0 Å². The fraction of sp³-hybridized carbons (Fsp3) is 0.480. The van der Waals surface area contributed by atoms with Crippen LogP contribution in [0.15, 0.2) is 36.5 Å². The van der Waals surface area contributed by atoms with Gasteiger partial charge in [-0.1, -0.05) is 6.07 Å². The lowest BCUT2D eigenvalue weighted by Crippen LogP contribution is -2.28. The lowest BCUT2D eigenvalue weighted by atomic mass is 9.93. The van der Waals surface area contributed by atoms with Gasteiger partial charge in [0.25, 0.3) is 0 Å². The molecule has 4 heterocycles. The molecule has 6 rings (SSSR count). The van der Waals surface area contributed by atoms with Gasteiger partial charge < -0.3 is 15.0 Å². The number of nitrogens with zero attached hydrogens (tertiary/aromatic N) is 4. The molecular formula is C25H29N5O. The van der Waals surface area contributed by atoms with Crippen LogP contribution in [0.1, 0.15) is 68.4 Å². The first kappa shape index (κ1) is 19.0. The molecule has 6 nitrogen and oxygen atoms in total. The van der Waals surface area contributed by atoms with Gasteiger partial charge in [0.1, 0.15) is 17.3 Å². The Morgan fingerprint density at radius 2 is 1.90 bits per heavy atom. The fourth-order valence-corrected chi connectivity index (χ4v) is 5.75. The molecule has 0 radical (unpaired) electrons. The van der Waals surface area contributed by atoms with Crippen LogP contribution in [-0.2, 0) is 0 Å². The molecular weight excluding hydrogens is 386 g/mol. The number of aryl methyl sites for hydroxylation is 1. The first-order chi connectivity index (χ1) is 15.2. The van der Waals surface area contributed by atoms with Crippen LogP contribution in [0.25, 0.3) is 22.6 Å². The van der Waals surface area contributed by atoms with Crippen molar-refractivity contribution in [1.29, 1.82) is 0 Å². The number of hydrogen-bond donors (Lipinski definition) is 2. The summed E-state index contributed by atoms with van der Waals surface area (Å²) in [7, 11) is 0. The number of nitrogens with one attached hydrogen (secondary N) is 1. The van der Waals surface area contributed by atoms with E-state index in [4.69, 9.17) is 9.97 Å². The molecule has 3 aromatic rings. The highest BCUT2D eigenvalue weighted by Crippen LogP contribution is 2.52. The summed E-state index contributed by atoms with van der Waals surface area (Å²) in [5.74, 6) is 2.72. The fourth-order valence-electron chi connectivity index (χ4n) is 5.75. The van der Waals surface area contributed by atoms with Crippen LogP contribution >= 0.6 is 0 Å². The van der Waals surface area contributed by atoms with Crippen LogP contribution in [-0.4, -0.2) is 36.8 Å². The lowest BCUT2D eigenvalue weighted by molar-refractivity contribution is 0.126. The van der Waals surface area contributed by atoms with Gasteiger partial charge in [-0.2, -0.15) is 0 Å². The number of aliphatic hydroxyl groups is 1. The van der Waals surface area contributed by atoms with E-state index in [0.29, 0.717) is 18.0 Å². The normalized spacial score (nSPS) is 26.8. The van der Waals surface area contributed by atoms with E-state index in [1.54, 1.807) is 0 Å². The monoisotopic (exact) mass is 415 g/mol. The van der Waals surface area contributed by atoms with E-state index >= 15 is 0 Å². The maximum atomic E-state index is 9.80. The number of aliphatic hydroxyl groups excluding tert-OH is 1. The van der Waals surface area contributed by atoms with Gasteiger partial charge in [0.2, 0.25) is 0 Å². The van der Waals surface area contributed by atoms with E-state index in [-0.39, 0.29) is 6.10 Å². The summed E-state index contributed by atoms with van der Waals surface area (Å²) in [6.07, 6.45) is 9.15. The van der Waals surface area contributed by atoms with Crippen molar-refractivity contribution in [1.82, 2.24) is 19.5 Å². The minimum atomic E-state index is -0.147. The molecule has 2 saturated carbocycles. The Hall–Kier alpha value is -2.73. The highest BCUT2D eigenvalue weighted by atomic mass is 16.3. The zero-order valence-electron chi connectivity index (χ0n) is 18.0. The topological polar surface area (TPSA) is 75.9 Å².